The Labute approximate surface area is 106 Å². The molecule has 4 nitrogen and oxygen atoms in total. The molecular formula is C14H17N3O. The predicted octanol–water partition coefficient (Wildman–Crippen LogP) is 2.41. The summed E-state index contributed by atoms with van der Waals surface area (Å²) >= 11 is 0. The molecule has 0 radical (unpaired) electrons. The predicted molar refractivity (Wildman–Crippen MR) is 73.6 cm³/mol. The molecule has 0 amide bonds. The fraction of sp³-hybridized carbons (Fsp3) is 0.357. The molecule has 1 aromatic heterocycles. The first-order valence-electron chi connectivity index (χ1n) is 6.26. The molecule has 1 aliphatic heterocycles. The Morgan fingerprint density at radius 1 is 1.39 bits per heavy atom. The first-order valence-corrected chi connectivity index (χ1v) is 6.26. The molecule has 1 aliphatic rings. The molecule has 1 fully saturated rings. The molecule has 0 spiro atoms. The lowest BCUT2D eigenvalue weighted by molar-refractivity contribution is 0.121. The van der Waals surface area contributed by atoms with Gasteiger partial charge in [0.15, 0.2) is 0 Å². The number of nitrogen functional groups attached to an aromatic ring is 1. The zero-order valence-electron chi connectivity index (χ0n) is 10.4. The van der Waals surface area contributed by atoms with Crippen molar-refractivity contribution in [1.29, 1.82) is 0 Å². The summed E-state index contributed by atoms with van der Waals surface area (Å²) in [5.41, 5.74) is 8.54. The van der Waals surface area contributed by atoms with Crippen LogP contribution in [0.3, 0.4) is 0 Å². The number of benzene rings is 1. The molecule has 2 atom stereocenters. The second-order valence-electron chi connectivity index (χ2n) is 4.75. The molecule has 18 heavy (non-hydrogen) atoms. The number of aromatic nitrogens is 1. The van der Waals surface area contributed by atoms with Crippen LogP contribution in [-0.2, 0) is 4.74 Å². The lowest BCUT2D eigenvalue weighted by atomic mass is 10.1. The molecule has 0 bridgehead atoms. The summed E-state index contributed by atoms with van der Waals surface area (Å²) in [5, 5.41) is 4.65. The van der Waals surface area contributed by atoms with Crippen molar-refractivity contribution < 1.29 is 4.74 Å². The smallest absolute Gasteiger partial charge is 0.0748 e. The van der Waals surface area contributed by atoms with Gasteiger partial charge in [-0.25, -0.2) is 0 Å². The van der Waals surface area contributed by atoms with Gasteiger partial charge in [0.05, 0.1) is 17.7 Å². The molecule has 2 aromatic rings. The van der Waals surface area contributed by atoms with Crippen LogP contribution in [0.1, 0.15) is 13.3 Å². The van der Waals surface area contributed by atoms with Crippen LogP contribution in [0.15, 0.2) is 30.5 Å². The van der Waals surface area contributed by atoms with Crippen LogP contribution in [0.4, 0.5) is 11.4 Å². The van der Waals surface area contributed by atoms with Gasteiger partial charge in [0.25, 0.3) is 0 Å². The van der Waals surface area contributed by atoms with Gasteiger partial charge in [0, 0.05) is 29.6 Å². The molecule has 2 unspecified atom stereocenters. The van der Waals surface area contributed by atoms with Gasteiger partial charge in [-0.1, -0.05) is 0 Å². The van der Waals surface area contributed by atoms with Crippen molar-refractivity contribution in [3.05, 3.63) is 30.5 Å². The quantitative estimate of drug-likeness (QED) is 0.795. The van der Waals surface area contributed by atoms with Gasteiger partial charge in [-0.2, -0.15) is 0 Å². The van der Waals surface area contributed by atoms with Crippen molar-refractivity contribution in [2.75, 3.05) is 17.7 Å². The Bertz CT molecular complexity index is 570. The standard InChI is InChI=1S/C14H17N3O/c1-9-12(5-7-18-9)17-13-4-6-16-14-8-10(15)2-3-11(13)14/h2-4,6,8-9,12H,5,7,15H2,1H3,(H,16,17). The highest BCUT2D eigenvalue weighted by atomic mass is 16.5. The topological polar surface area (TPSA) is 60.2 Å². The number of fused-ring (bicyclic) bond motifs is 1. The van der Waals surface area contributed by atoms with Crippen LogP contribution in [-0.4, -0.2) is 23.7 Å². The molecule has 1 aromatic carbocycles. The van der Waals surface area contributed by atoms with E-state index in [1.54, 1.807) is 0 Å². The van der Waals surface area contributed by atoms with E-state index in [1.165, 1.54) is 0 Å². The number of hydrogen-bond donors (Lipinski definition) is 2. The van der Waals surface area contributed by atoms with E-state index in [9.17, 15) is 0 Å². The summed E-state index contributed by atoms with van der Waals surface area (Å²) in [7, 11) is 0. The highest BCUT2D eigenvalue weighted by molar-refractivity contribution is 5.92. The van der Waals surface area contributed by atoms with Gasteiger partial charge in [0.2, 0.25) is 0 Å². The van der Waals surface area contributed by atoms with Crippen molar-refractivity contribution in [3.8, 4) is 0 Å². The lowest BCUT2D eigenvalue weighted by Gasteiger charge is -2.18. The third kappa shape index (κ3) is 1.99. The first kappa shape index (κ1) is 11.3. The van der Waals surface area contributed by atoms with Crippen LogP contribution in [0.2, 0.25) is 0 Å². The van der Waals surface area contributed by atoms with E-state index < -0.39 is 0 Å². The Kier molecular flexibility index (Phi) is 2.80. The van der Waals surface area contributed by atoms with E-state index in [4.69, 9.17) is 10.5 Å². The lowest BCUT2D eigenvalue weighted by Crippen LogP contribution is -2.26. The van der Waals surface area contributed by atoms with E-state index in [0.29, 0.717) is 6.04 Å². The summed E-state index contributed by atoms with van der Waals surface area (Å²) in [5.74, 6) is 0. The van der Waals surface area contributed by atoms with E-state index in [1.807, 2.05) is 30.5 Å². The van der Waals surface area contributed by atoms with Crippen molar-refractivity contribution in [3.63, 3.8) is 0 Å². The summed E-state index contributed by atoms with van der Waals surface area (Å²) in [4.78, 5) is 4.35. The maximum absolute atomic E-state index is 5.78. The van der Waals surface area contributed by atoms with Gasteiger partial charge < -0.3 is 15.8 Å². The van der Waals surface area contributed by atoms with Gasteiger partial charge >= 0.3 is 0 Å². The van der Waals surface area contributed by atoms with Crippen LogP contribution in [0, 0.1) is 0 Å². The molecule has 4 heteroatoms. The molecule has 2 heterocycles. The number of nitrogens with two attached hydrogens (primary N) is 1. The number of nitrogens with one attached hydrogen (secondary N) is 1. The largest absolute Gasteiger partial charge is 0.399 e. The monoisotopic (exact) mass is 243 g/mol. The minimum absolute atomic E-state index is 0.252. The van der Waals surface area contributed by atoms with Crippen molar-refractivity contribution in [1.82, 2.24) is 4.98 Å². The Hall–Kier alpha value is -1.81. The summed E-state index contributed by atoms with van der Waals surface area (Å²) < 4.78 is 5.57. The van der Waals surface area contributed by atoms with E-state index in [2.05, 4.69) is 17.2 Å². The third-order valence-electron chi connectivity index (χ3n) is 3.48. The van der Waals surface area contributed by atoms with E-state index >= 15 is 0 Å². The van der Waals surface area contributed by atoms with Crippen LogP contribution in [0.25, 0.3) is 10.9 Å². The normalized spacial score (nSPS) is 23.4. The second kappa shape index (κ2) is 4.46. The molecule has 0 saturated carbocycles. The zero-order valence-corrected chi connectivity index (χ0v) is 10.4. The third-order valence-corrected chi connectivity index (χ3v) is 3.48. The number of ether oxygens (including phenoxy) is 1. The Morgan fingerprint density at radius 2 is 2.28 bits per heavy atom. The van der Waals surface area contributed by atoms with Crippen molar-refractivity contribution >= 4 is 22.3 Å². The molecule has 3 rings (SSSR count). The van der Waals surface area contributed by atoms with Crippen LogP contribution in [0.5, 0.6) is 0 Å². The maximum atomic E-state index is 5.78. The number of hydrogen-bond acceptors (Lipinski definition) is 4. The number of pyridine rings is 1. The van der Waals surface area contributed by atoms with Gasteiger partial charge in [-0.05, 0) is 37.6 Å². The minimum Gasteiger partial charge on any atom is -0.399 e. The Balaban J connectivity index is 1.96. The zero-order chi connectivity index (χ0) is 12.5. The molecule has 1 saturated heterocycles. The molecule has 94 valence electrons. The summed E-state index contributed by atoms with van der Waals surface area (Å²) in [6, 6.07) is 8.19. The van der Waals surface area contributed by atoms with E-state index in [0.717, 1.165) is 35.3 Å². The maximum Gasteiger partial charge on any atom is 0.0748 e. The van der Waals surface area contributed by atoms with Gasteiger partial charge in [-0.15, -0.1) is 0 Å². The highest BCUT2D eigenvalue weighted by Gasteiger charge is 2.24. The average Bonchev–Trinajstić information content (AvgIpc) is 2.75. The fourth-order valence-corrected chi connectivity index (χ4v) is 2.41. The molecule has 0 aliphatic carbocycles. The number of rotatable bonds is 2. The van der Waals surface area contributed by atoms with Crippen LogP contribution < -0.4 is 11.1 Å². The van der Waals surface area contributed by atoms with Crippen molar-refractivity contribution in [2.24, 2.45) is 0 Å². The SMILES string of the molecule is CC1OCCC1Nc1ccnc2cc(N)ccc12. The average molecular weight is 243 g/mol. The molecular weight excluding hydrogens is 226 g/mol. The first-order chi connectivity index (χ1) is 8.74. The summed E-state index contributed by atoms with van der Waals surface area (Å²) in [6.07, 6.45) is 3.10. The highest BCUT2D eigenvalue weighted by Crippen LogP contribution is 2.26. The van der Waals surface area contributed by atoms with E-state index in [-0.39, 0.29) is 6.10 Å². The molecule has 3 N–H and O–H groups in total. The Morgan fingerprint density at radius 3 is 3.06 bits per heavy atom. The van der Waals surface area contributed by atoms with Crippen molar-refractivity contribution in [2.45, 2.75) is 25.5 Å². The summed E-state index contributed by atoms with van der Waals surface area (Å²) in [6.45, 7) is 2.93. The number of nitrogens with zero attached hydrogens (tertiary/aromatic N) is 1. The number of anilines is 2. The second-order valence-corrected chi connectivity index (χ2v) is 4.75. The minimum atomic E-state index is 0.252. The fourth-order valence-electron chi connectivity index (χ4n) is 2.41. The van der Waals surface area contributed by atoms with Gasteiger partial charge in [-0.3, -0.25) is 4.98 Å². The van der Waals surface area contributed by atoms with Gasteiger partial charge in [0.1, 0.15) is 0 Å². The van der Waals surface area contributed by atoms with Crippen LogP contribution >= 0.6 is 0 Å².